The third-order valence-corrected chi connectivity index (χ3v) is 4.97. The van der Waals surface area contributed by atoms with Gasteiger partial charge in [0.15, 0.2) is 5.16 Å². The van der Waals surface area contributed by atoms with Gasteiger partial charge < -0.3 is 9.88 Å². The van der Waals surface area contributed by atoms with E-state index >= 15 is 0 Å². The molecular weight excluding hydrogens is 344 g/mol. The minimum absolute atomic E-state index is 0.0633. The molecule has 0 aliphatic rings. The number of benzene rings is 1. The fourth-order valence-electron chi connectivity index (χ4n) is 2.65. The highest BCUT2D eigenvalue weighted by atomic mass is 32.2. The summed E-state index contributed by atoms with van der Waals surface area (Å²) in [6, 6.07) is 10.4. The molecule has 1 aromatic carbocycles. The van der Waals surface area contributed by atoms with Crippen LogP contribution in [0.2, 0.25) is 0 Å². The smallest absolute Gasteiger partial charge is 0.230 e. The van der Waals surface area contributed by atoms with Crippen molar-refractivity contribution in [2.75, 3.05) is 12.3 Å². The van der Waals surface area contributed by atoms with Crippen LogP contribution in [0.3, 0.4) is 0 Å². The highest BCUT2D eigenvalue weighted by Gasteiger charge is 2.15. The Morgan fingerprint density at radius 1 is 1.19 bits per heavy atom. The van der Waals surface area contributed by atoms with Gasteiger partial charge >= 0.3 is 0 Å². The van der Waals surface area contributed by atoms with Gasteiger partial charge in [-0.05, 0) is 24.3 Å². The van der Waals surface area contributed by atoms with E-state index in [0.717, 1.165) is 49.8 Å². The van der Waals surface area contributed by atoms with Crippen LogP contribution in [0.5, 0.6) is 0 Å². The molecule has 0 spiro atoms. The molecule has 26 heavy (non-hydrogen) atoms. The van der Waals surface area contributed by atoms with Gasteiger partial charge in [-0.25, -0.2) is 0 Å². The molecule has 1 amide bonds. The number of carbonyl (C=O) groups is 1. The number of nitrogens with zero attached hydrogens (tertiary/aromatic N) is 3. The van der Waals surface area contributed by atoms with E-state index < -0.39 is 0 Å². The van der Waals surface area contributed by atoms with Crippen LogP contribution in [0.25, 0.3) is 0 Å². The van der Waals surface area contributed by atoms with Crippen LogP contribution in [0.4, 0.5) is 0 Å². The second-order valence-corrected chi connectivity index (χ2v) is 7.82. The van der Waals surface area contributed by atoms with Gasteiger partial charge in [-0.15, -0.1) is 10.2 Å². The Kier molecular flexibility index (Phi) is 8.68. The van der Waals surface area contributed by atoms with Crippen LogP contribution in [0.15, 0.2) is 35.5 Å². The second-order valence-electron chi connectivity index (χ2n) is 6.88. The molecule has 0 aliphatic heterocycles. The van der Waals surface area contributed by atoms with Gasteiger partial charge in [-0.1, -0.05) is 69.3 Å². The Balaban J connectivity index is 1.97. The molecule has 0 fully saturated rings. The molecule has 0 aliphatic carbocycles. The summed E-state index contributed by atoms with van der Waals surface area (Å²) in [7, 11) is 0. The predicted molar refractivity (Wildman–Crippen MR) is 107 cm³/mol. The first kappa shape index (κ1) is 20.5. The van der Waals surface area contributed by atoms with Crippen molar-refractivity contribution >= 4 is 17.7 Å². The van der Waals surface area contributed by atoms with Crippen LogP contribution in [0.1, 0.15) is 45.0 Å². The summed E-state index contributed by atoms with van der Waals surface area (Å²) >= 11 is 1.47. The lowest BCUT2D eigenvalue weighted by atomic mass is 10.1. The lowest BCUT2D eigenvalue weighted by Crippen LogP contribution is -2.26. The highest BCUT2D eigenvalue weighted by molar-refractivity contribution is 7.99. The van der Waals surface area contributed by atoms with Crippen molar-refractivity contribution in [2.45, 2.75) is 58.2 Å². The molecule has 0 saturated carbocycles. The molecule has 2 aromatic rings. The van der Waals surface area contributed by atoms with Crippen molar-refractivity contribution < 1.29 is 4.79 Å². The van der Waals surface area contributed by atoms with E-state index in [2.05, 4.69) is 65.1 Å². The van der Waals surface area contributed by atoms with E-state index in [1.165, 1.54) is 17.3 Å². The summed E-state index contributed by atoms with van der Waals surface area (Å²) < 4.78 is 2.18. The topological polar surface area (TPSA) is 59.8 Å². The van der Waals surface area contributed by atoms with Gasteiger partial charge in [0.2, 0.25) is 5.91 Å². The molecule has 2 rings (SSSR count). The minimum atomic E-state index is 0.0633. The van der Waals surface area contributed by atoms with Crippen molar-refractivity contribution in [2.24, 2.45) is 5.92 Å². The molecule has 0 saturated heterocycles. The zero-order valence-electron chi connectivity index (χ0n) is 16.1. The number of thioether (sulfide) groups is 1. The van der Waals surface area contributed by atoms with Crippen LogP contribution in [0, 0.1) is 5.92 Å². The van der Waals surface area contributed by atoms with Crippen molar-refractivity contribution in [3.8, 4) is 0 Å². The van der Waals surface area contributed by atoms with E-state index in [0.29, 0.717) is 11.7 Å². The maximum absolute atomic E-state index is 12.0. The van der Waals surface area contributed by atoms with Gasteiger partial charge in [0.1, 0.15) is 5.82 Å². The average molecular weight is 375 g/mol. The molecule has 0 atom stereocenters. The maximum Gasteiger partial charge on any atom is 0.230 e. The first-order valence-electron chi connectivity index (χ1n) is 9.45. The van der Waals surface area contributed by atoms with E-state index in [4.69, 9.17) is 0 Å². The molecule has 6 heteroatoms. The quantitative estimate of drug-likeness (QED) is 0.481. The summed E-state index contributed by atoms with van der Waals surface area (Å²) in [5.74, 6) is 1.95. The SMILES string of the molecule is CCCCNC(=O)CSc1nnc(CCc2ccccc2)n1CC(C)C. The van der Waals surface area contributed by atoms with E-state index in [9.17, 15) is 4.79 Å². The first-order valence-corrected chi connectivity index (χ1v) is 10.4. The molecule has 5 nitrogen and oxygen atoms in total. The fourth-order valence-corrected chi connectivity index (χ4v) is 3.44. The normalized spacial score (nSPS) is 11.1. The van der Waals surface area contributed by atoms with Crippen LogP contribution in [-0.4, -0.2) is 33.0 Å². The van der Waals surface area contributed by atoms with Gasteiger partial charge in [-0.3, -0.25) is 4.79 Å². The Hall–Kier alpha value is -1.82. The zero-order valence-corrected chi connectivity index (χ0v) is 16.9. The molecule has 0 unspecified atom stereocenters. The lowest BCUT2D eigenvalue weighted by molar-refractivity contribution is -0.118. The third-order valence-electron chi connectivity index (χ3n) is 4.01. The first-order chi connectivity index (χ1) is 12.6. The largest absolute Gasteiger partial charge is 0.355 e. The summed E-state index contributed by atoms with van der Waals surface area (Å²) in [4.78, 5) is 12.0. The number of aryl methyl sites for hydroxylation is 2. The summed E-state index contributed by atoms with van der Waals surface area (Å²) in [6.45, 7) is 8.11. The molecule has 142 valence electrons. The van der Waals surface area contributed by atoms with Gasteiger partial charge in [-0.2, -0.15) is 0 Å². The number of hydrogen-bond acceptors (Lipinski definition) is 4. The lowest BCUT2D eigenvalue weighted by Gasteiger charge is -2.12. The van der Waals surface area contributed by atoms with E-state index in [-0.39, 0.29) is 5.91 Å². The standard InChI is InChI=1S/C20H30N4OS/c1-4-5-13-21-19(25)15-26-20-23-22-18(24(20)14-16(2)3)12-11-17-9-7-6-8-10-17/h6-10,16H,4-5,11-15H2,1-3H3,(H,21,25). The number of unbranched alkanes of at least 4 members (excludes halogenated alkanes) is 1. The van der Waals surface area contributed by atoms with E-state index in [1.54, 1.807) is 0 Å². The number of hydrogen-bond donors (Lipinski definition) is 1. The Labute approximate surface area is 161 Å². The van der Waals surface area contributed by atoms with Crippen molar-refractivity contribution in [3.05, 3.63) is 41.7 Å². The average Bonchev–Trinajstić information content (AvgIpc) is 3.00. The Morgan fingerprint density at radius 3 is 2.65 bits per heavy atom. The molecule has 1 aromatic heterocycles. The van der Waals surface area contributed by atoms with Crippen LogP contribution in [-0.2, 0) is 24.2 Å². The number of rotatable bonds is 11. The number of aromatic nitrogens is 3. The Bertz CT molecular complexity index is 670. The monoisotopic (exact) mass is 374 g/mol. The molecule has 1 N–H and O–H groups in total. The minimum Gasteiger partial charge on any atom is -0.355 e. The van der Waals surface area contributed by atoms with Gasteiger partial charge in [0.25, 0.3) is 0 Å². The summed E-state index contributed by atoms with van der Waals surface area (Å²) in [6.07, 6.45) is 3.90. The summed E-state index contributed by atoms with van der Waals surface area (Å²) in [5.41, 5.74) is 1.30. The fraction of sp³-hybridized carbons (Fsp3) is 0.550. The number of carbonyl (C=O) groups excluding carboxylic acids is 1. The van der Waals surface area contributed by atoms with Crippen molar-refractivity contribution in [1.29, 1.82) is 0 Å². The predicted octanol–water partition coefficient (Wildman–Crippen LogP) is 3.73. The van der Waals surface area contributed by atoms with Gasteiger partial charge in [0.05, 0.1) is 5.75 Å². The van der Waals surface area contributed by atoms with E-state index in [1.807, 2.05) is 6.07 Å². The molecular formula is C20H30N4OS. The molecule has 0 bridgehead atoms. The van der Waals surface area contributed by atoms with Gasteiger partial charge in [0, 0.05) is 19.5 Å². The highest BCUT2D eigenvalue weighted by Crippen LogP contribution is 2.19. The Morgan fingerprint density at radius 2 is 1.96 bits per heavy atom. The van der Waals surface area contributed by atoms with Crippen molar-refractivity contribution in [3.63, 3.8) is 0 Å². The number of nitrogens with one attached hydrogen (secondary N) is 1. The van der Waals surface area contributed by atoms with Crippen molar-refractivity contribution in [1.82, 2.24) is 20.1 Å². The van der Waals surface area contributed by atoms with Crippen LogP contribution >= 0.6 is 11.8 Å². The van der Waals surface area contributed by atoms with Crippen LogP contribution < -0.4 is 5.32 Å². The third kappa shape index (κ3) is 6.83. The zero-order chi connectivity index (χ0) is 18.8. The maximum atomic E-state index is 12.0. The molecule has 1 heterocycles. The summed E-state index contributed by atoms with van der Waals surface area (Å²) in [5, 5.41) is 12.5. The molecule has 0 radical (unpaired) electrons. The second kappa shape index (κ2) is 11.0. The number of amides is 1.